The average Bonchev–Trinajstić information content (AvgIpc) is 2.68. The molecule has 9 heteroatoms. The molecule has 2 rings (SSSR count). The number of nitrogen functional groups attached to an aromatic ring is 3. The first-order valence-electron chi connectivity index (χ1n) is 7.64. The Labute approximate surface area is 164 Å². The van der Waals surface area contributed by atoms with Crippen molar-refractivity contribution in [2.45, 2.75) is 6.92 Å². The number of aromatic nitrogens is 3. The Kier molecular flexibility index (Phi) is 15.4. The van der Waals surface area contributed by atoms with Crippen LogP contribution >= 0.6 is 0 Å². The van der Waals surface area contributed by atoms with Crippen molar-refractivity contribution in [1.82, 2.24) is 15.0 Å². The molecule has 0 fully saturated rings. The number of esters is 1. The van der Waals surface area contributed by atoms with Crippen LogP contribution < -0.4 is 17.2 Å². The van der Waals surface area contributed by atoms with Crippen molar-refractivity contribution in [3.8, 4) is 0 Å². The van der Waals surface area contributed by atoms with Gasteiger partial charge in [-0.1, -0.05) is 56.1 Å². The molecule has 28 heavy (non-hydrogen) atoms. The minimum absolute atomic E-state index is 0.0417. The highest BCUT2D eigenvalue weighted by Gasteiger charge is 1.95. The van der Waals surface area contributed by atoms with Crippen LogP contribution in [0.4, 0.5) is 17.8 Å². The number of allylic oxidation sites excluding steroid dienone is 1. The van der Waals surface area contributed by atoms with E-state index in [4.69, 9.17) is 22.0 Å². The van der Waals surface area contributed by atoms with Crippen molar-refractivity contribution in [3.63, 3.8) is 0 Å². The molecule has 0 saturated carbocycles. The van der Waals surface area contributed by atoms with Gasteiger partial charge in [0.2, 0.25) is 24.1 Å². The average molecular weight is 385 g/mol. The summed E-state index contributed by atoms with van der Waals surface area (Å²) in [5, 5.41) is 0. The topological polar surface area (TPSA) is 160 Å². The molecule has 0 atom stereocenters. The SMILES string of the molecule is C=C(C)C(=O)OC.C=C[C]=O.C=Cc1ccccc1.Nc1nc(N)nc(N)n1. The van der Waals surface area contributed by atoms with Crippen molar-refractivity contribution in [1.29, 1.82) is 0 Å². The van der Waals surface area contributed by atoms with E-state index in [2.05, 4.69) is 39.4 Å². The number of carbonyl (C=O) groups is 1. The molecule has 0 amide bonds. The molecule has 1 heterocycles. The van der Waals surface area contributed by atoms with E-state index in [9.17, 15) is 4.79 Å². The number of rotatable bonds is 3. The molecule has 1 aromatic heterocycles. The van der Waals surface area contributed by atoms with E-state index in [1.54, 1.807) is 6.92 Å². The van der Waals surface area contributed by atoms with Gasteiger partial charge in [0.05, 0.1) is 7.11 Å². The Balaban J connectivity index is 0. The Morgan fingerprint density at radius 2 is 1.43 bits per heavy atom. The van der Waals surface area contributed by atoms with Gasteiger partial charge in [0.1, 0.15) is 0 Å². The molecule has 0 spiro atoms. The summed E-state index contributed by atoms with van der Waals surface area (Å²) in [6, 6.07) is 10.0. The first-order chi connectivity index (χ1) is 13.2. The maximum atomic E-state index is 10.2. The number of nitrogens with zero attached hydrogens (tertiary/aromatic N) is 3. The monoisotopic (exact) mass is 385 g/mol. The van der Waals surface area contributed by atoms with Crippen molar-refractivity contribution in [2.24, 2.45) is 0 Å². The zero-order chi connectivity index (χ0) is 21.9. The van der Waals surface area contributed by atoms with Crippen LogP contribution in [0.2, 0.25) is 0 Å². The predicted octanol–water partition coefficient (Wildman–Crippen LogP) is 1.97. The second kappa shape index (κ2) is 16.5. The van der Waals surface area contributed by atoms with Crippen LogP contribution in [0, 0.1) is 0 Å². The van der Waals surface area contributed by atoms with E-state index in [0.29, 0.717) is 5.57 Å². The second-order valence-electron chi connectivity index (χ2n) is 4.62. The van der Waals surface area contributed by atoms with Gasteiger partial charge in [-0.2, -0.15) is 15.0 Å². The maximum Gasteiger partial charge on any atom is 0.332 e. The van der Waals surface area contributed by atoms with Gasteiger partial charge in [0.25, 0.3) is 0 Å². The molecule has 1 aromatic carbocycles. The first kappa shape index (κ1) is 26.2. The van der Waals surface area contributed by atoms with Crippen LogP contribution in [0.5, 0.6) is 0 Å². The van der Waals surface area contributed by atoms with Gasteiger partial charge in [-0.25, -0.2) is 4.79 Å². The Bertz CT molecular complexity index is 707. The lowest BCUT2D eigenvalue weighted by molar-refractivity contribution is -0.136. The number of hydrogen-bond donors (Lipinski definition) is 3. The van der Waals surface area contributed by atoms with Gasteiger partial charge in [0.15, 0.2) is 0 Å². The summed E-state index contributed by atoms with van der Waals surface area (Å²) < 4.78 is 4.27. The molecule has 0 saturated heterocycles. The Morgan fingerprint density at radius 3 is 1.61 bits per heavy atom. The van der Waals surface area contributed by atoms with Crippen molar-refractivity contribution < 1.29 is 14.3 Å². The fraction of sp³-hybridized carbons (Fsp3) is 0.105. The summed E-state index contributed by atoms with van der Waals surface area (Å²) in [7, 11) is 1.33. The highest BCUT2D eigenvalue weighted by atomic mass is 16.5. The zero-order valence-electron chi connectivity index (χ0n) is 16.0. The van der Waals surface area contributed by atoms with Crippen LogP contribution in [0.3, 0.4) is 0 Å². The number of anilines is 3. The highest BCUT2D eigenvalue weighted by molar-refractivity contribution is 5.86. The van der Waals surface area contributed by atoms with E-state index in [1.807, 2.05) is 36.4 Å². The lowest BCUT2D eigenvalue weighted by Crippen LogP contribution is -2.05. The van der Waals surface area contributed by atoms with E-state index in [1.165, 1.54) is 19.0 Å². The molecular weight excluding hydrogens is 360 g/mol. The number of carbonyl (C=O) groups excluding carboxylic acids is 2. The van der Waals surface area contributed by atoms with Gasteiger partial charge < -0.3 is 21.9 Å². The smallest absolute Gasteiger partial charge is 0.332 e. The quantitative estimate of drug-likeness (QED) is 0.530. The van der Waals surface area contributed by atoms with E-state index in [0.717, 1.165) is 6.08 Å². The number of benzene rings is 1. The Hall–Kier alpha value is -4.01. The summed E-state index contributed by atoms with van der Waals surface area (Å²) in [6.07, 6.45) is 4.35. The molecule has 149 valence electrons. The normalized spacial score (nSPS) is 8.07. The second-order valence-corrected chi connectivity index (χ2v) is 4.62. The summed E-state index contributed by atoms with van der Waals surface area (Å²) in [4.78, 5) is 29.6. The third-order valence-electron chi connectivity index (χ3n) is 2.34. The van der Waals surface area contributed by atoms with E-state index >= 15 is 0 Å². The summed E-state index contributed by atoms with van der Waals surface area (Å²) in [5.41, 5.74) is 17.0. The number of hydrogen-bond acceptors (Lipinski definition) is 9. The minimum Gasteiger partial charge on any atom is -0.466 e. The molecule has 2 aromatic rings. The molecule has 1 radical (unpaired) electrons. The van der Waals surface area contributed by atoms with Gasteiger partial charge in [-0.15, -0.1) is 0 Å². The molecule has 6 N–H and O–H groups in total. The van der Waals surface area contributed by atoms with Gasteiger partial charge in [-0.3, -0.25) is 4.79 Å². The van der Waals surface area contributed by atoms with Crippen molar-refractivity contribution in [2.75, 3.05) is 24.3 Å². The van der Waals surface area contributed by atoms with Crippen LogP contribution in [0.15, 0.2) is 61.7 Å². The van der Waals surface area contributed by atoms with Crippen molar-refractivity contribution >= 4 is 36.2 Å². The lowest BCUT2D eigenvalue weighted by Gasteiger charge is -1.93. The van der Waals surface area contributed by atoms with Gasteiger partial charge in [-0.05, 0) is 18.6 Å². The van der Waals surface area contributed by atoms with E-state index in [-0.39, 0.29) is 23.8 Å². The molecule has 0 unspecified atom stereocenters. The maximum absolute atomic E-state index is 10.2. The summed E-state index contributed by atoms with van der Waals surface area (Å²) >= 11 is 0. The third-order valence-corrected chi connectivity index (χ3v) is 2.34. The van der Waals surface area contributed by atoms with E-state index < -0.39 is 0 Å². The number of ether oxygens (including phenoxy) is 1. The van der Waals surface area contributed by atoms with Crippen LogP contribution in [0.1, 0.15) is 12.5 Å². The fourth-order valence-electron chi connectivity index (χ4n) is 1.19. The lowest BCUT2D eigenvalue weighted by atomic mass is 10.2. The van der Waals surface area contributed by atoms with Gasteiger partial charge >= 0.3 is 5.97 Å². The van der Waals surface area contributed by atoms with Crippen LogP contribution in [-0.2, 0) is 14.3 Å². The minimum atomic E-state index is -0.347. The molecule has 0 aliphatic carbocycles. The predicted molar refractivity (Wildman–Crippen MR) is 112 cm³/mol. The van der Waals surface area contributed by atoms with Crippen molar-refractivity contribution in [3.05, 3.63) is 67.3 Å². The number of nitrogens with two attached hydrogens (primary N) is 3. The number of methoxy groups -OCH3 is 1. The third kappa shape index (κ3) is 15.5. The Morgan fingerprint density at radius 1 is 1.04 bits per heavy atom. The highest BCUT2D eigenvalue weighted by Crippen LogP contribution is 1.98. The molecule has 0 aliphatic rings. The first-order valence-corrected chi connectivity index (χ1v) is 7.64. The summed E-state index contributed by atoms with van der Waals surface area (Å²) in [6.45, 7) is 11.6. The van der Waals surface area contributed by atoms with Gasteiger partial charge in [0, 0.05) is 5.57 Å². The fourth-order valence-corrected chi connectivity index (χ4v) is 1.19. The standard InChI is InChI=1S/C8H8.C5H8O2.C3H6N6.C3H3O/c1-2-8-6-4-3-5-7-8;1-4(2)5(6)7-3;4-1-7-2(5)9-3(6)8-1;1-2-3-4/h2-7H,1H2;1H2,2-3H3;(H6,4,5,6,7,8,9);2H,1H2. The largest absolute Gasteiger partial charge is 0.466 e. The molecule has 0 aliphatic heterocycles. The van der Waals surface area contributed by atoms with Crippen LogP contribution in [-0.4, -0.2) is 34.3 Å². The van der Waals surface area contributed by atoms with Crippen LogP contribution in [0.25, 0.3) is 6.08 Å². The molecule has 9 nitrogen and oxygen atoms in total. The zero-order valence-corrected chi connectivity index (χ0v) is 16.0. The molecular formula is C19H25N6O3. The molecule has 0 bridgehead atoms. The summed E-state index contributed by atoms with van der Waals surface area (Å²) in [5.74, 6) is -0.222.